The molecule has 0 aromatic rings. The van der Waals surface area contributed by atoms with Crippen molar-refractivity contribution in [2.24, 2.45) is 0 Å². The fraction of sp³-hybridized carbons (Fsp3) is 0.714. The minimum Gasteiger partial charge on any atom is -0.477 e. The van der Waals surface area contributed by atoms with E-state index in [1.807, 2.05) is 0 Å². The molecule has 0 fully saturated rings. The van der Waals surface area contributed by atoms with Crippen molar-refractivity contribution in [2.75, 3.05) is 19.5 Å². The molecule has 8 nitrogen and oxygen atoms in total. The number of nitrogens with zero attached hydrogens (tertiary/aromatic N) is 1. The van der Waals surface area contributed by atoms with Gasteiger partial charge in [0, 0.05) is 0 Å². The van der Waals surface area contributed by atoms with Crippen LogP contribution in [0.2, 0.25) is 0 Å². The van der Waals surface area contributed by atoms with Crippen molar-refractivity contribution in [1.29, 1.82) is 5.41 Å². The lowest BCUT2D eigenvalue weighted by Gasteiger charge is -2.31. The molecule has 0 aliphatic rings. The number of rotatable bonds is 4. The minimum absolute atomic E-state index is 0.142. The Hall–Kier alpha value is -1.42. The SMILES string of the molecule is C[N+](CC(=O)O)(CS(=O)(=O)C(F)(F)F)C(=N)S(=O)(=O)C(F)(F)F. The number of carbonyl (C=O) groups is 1. The average molecular weight is 395 g/mol. The maximum absolute atomic E-state index is 12.4. The van der Waals surface area contributed by atoms with Crippen molar-refractivity contribution in [3.05, 3.63) is 0 Å². The highest BCUT2D eigenvalue weighted by Crippen LogP contribution is 2.31. The van der Waals surface area contributed by atoms with Crippen LogP contribution in [-0.4, -0.2) is 68.0 Å². The standard InChI is InChI=1S/C7H8F6N2O6S2/c1-15(2-4(16)17,3-22(18,19)6(8,9)10)5(14)23(20,21)7(11,12)13/h14H,2-3H2,1H3/p+1. The second-order valence-electron chi connectivity index (χ2n) is 4.39. The molecule has 0 rings (SSSR count). The molecule has 16 heteroatoms. The number of quaternary nitrogens is 1. The van der Waals surface area contributed by atoms with Crippen molar-refractivity contribution >= 4 is 30.8 Å². The van der Waals surface area contributed by atoms with E-state index < -0.39 is 58.7 Å². The maximum Gasteiger partial charge on any atom is 0.508 e. The summed E-state index contributed by atoms with van der Waals surface area (Å²) in [6, 6.07) is 0. The predicted octanol–water partition coefficient (Wildman–Crippen LogP) is 0.279. The van der Waals surface area contributed by atoms with Gasteiger partial charge in [-0.3, -0.25) is 0 Å². The highest BCUT2D eigenvalue weighted by molar-refractivity contribution is 8.06. The highest BCUT2D eigenvalue weighted by atomic mass is 32.2. The van der Waals surface area contributed by atoms with Gasteiger partial charge in [0.25, 0.3) is 9.84 Å². The zero-order valence-electron chi connectivity index (χ0n) is 10.9. The molecule has 0 saturated heterocycles. The maximum atomic E-state index is 12.4. The van der Waals surface area contributed by atoms with E-state index >= 15 is 0 Å². The minimum atomic E-state index is -6.54. The van der Waals surface area contributed by atoms with Gasteiger partial charge in [-0.1, -0.05) is 0 Å². The number of aliphatic carboxylic acids is 1. The van der Waals surface area contributed by atoms with Crippen LogP contribution in [0.25, 0.3) is 0 Å². The summed E-state index contributed by atoms with van der Waals surface area (Å²) >= 11 is 0. The normalized spacial score (nSPS) is 16.7. The van der Waals surface area contributed by atoms with Crippen LogP contribution in [0.3, 0.4) is 0 Å². The summed E-state index contributed by atoms with van der Waals surface area (Å²) < 4.78 is 116. The Kier molecular flexibility index (Phi) is 5.53. The number of amidine groups is 1. The first-order valence-corrected chi connectivity index (χ1v) is 8.17. The van der Waals surface area contributed by atoms with E-state index in [1.54, 1.807) is 0 Å². The number of nitrogens with one attached hydrogen (secondary N) is 1. The first kappa shape index (κ1) is 21.6. The Morgan fingerprint density at radius 1 is 1.04 bits per heavy atom. The number of likely N-dealkylation sites (N-methyl/N-ethyl adjacent to an activating group) is 1. The van der Waals surface area contributed by atoms with E-state index in [1.165, 1.54) is 0 Å². The third-order valence-corrected chi connectivity index (χ3v) is 5.52. The van der Waals surface area contributed by atoms with Crippen LogP contribution in [0, 0.1) is 5.41 Å². The predicted molar refractivity (Wildman–Crippen MR) is 61.2 cm³/mol. The number of hydrogen-bond acceptors (Lipinski definition) is 6. The molecule has 0 aromatic heterocycles. The van der Waals surface area contributed by atoms with Crippen LogP contribution in [0.1, 0.15) is 0 Å². The van der Waals surface area contributed by atoms with Crippen LogP contribution < -0.4 is 0 Å². The van der Waals surface area contributed by atoms with Gasteiger partial charge in [0.2, 0.25) is 0 Å². The fourth-order valence-electron chi connectivity index (χ4n) is 1.32. The molecule has 0 aliphatic carbocycles. The molecule has 0 saturated carbocycles. The quantitative estimate of drug-likeness (QED) is 0.304. The van der Waals surface area contributed by atoms with Gasteiger partial charge in [-0.2, -0.15) is 26.3 Å². The molecule has 0 aliphatic heterocycles. The number of halogens is 6. The molecule has 1 atom stereocenters. The number of carboxylic acids is 1. The van der Waals surface area contributed by atoms with Crippen LogP contribution in [0.4, 0.5) is 26.3 Å². The molecule has 0 radical (unpaired) electrons. The highest BCUT2D eigenvalue weighted by Gasteiger charge is 2.59. The monoisotopic (exact) mass is 395 g/mol. The zero-order chi connectivity index (χ0) is 19.1. The van der Waals surface area contributed by atoms with E-state index in [2.05, 4.69) is 0 Å². The Labute approximate surface area is 125 Å². The van der Waals surface area contributed by atoms with Gasteiger partial charge in [-0.15, -0.1) is 0 Å². The second kappa shape index (κ2) is 5.90. The molecule has 0 amide bonds. The third kappa shape index (κ3) is 4.54. The average Bonchev–Trinajstić information content (AvgIpc) is 2.22. The van der Waals surface area contributed by atoms with E-state index in [0.29, 0.717) is 0 Å². The first-order valence-electron chi connectivity index (χ1n) is 5.04. The van der Waals surface area contributed by atoms with E-state index in [9.17, 15) is 48.0 Å². The van der Waals surface area contributed by atoms with Crippen molar-refractivity contribution in [3.63, 3.8) is 0 Å². The molecule has 0 heterocycles. The van der Waals surface area contributed by atoms with E-state index in [0.717, 1.165) is 0 Å². The Bertz CT molecular complexity index is 709. The van der Waals surface area contributed by atoms with Crippen molar-refractivity contribution in [1.82, 2.24) is 0 Å². The van der Waals surface area contributed by atoms with Gasteiger partial charge in [0.15, 0.2) is 12.4 Å². The molecular weight excluding hydrogens is 386 g/mol. The van der Waals surface area contributed by atoms with Gasteiger partial charge < -0.3 is 5.11 Å². The summed E-state index contributed by atoms with van der Waals surface area (Å²) in [4.78, 5) is 10.6. The number of alkyl halides is 6. The summed E-state index contributed by atoms with van der Waals surface area (Å²) in [5, 5.41) is 12.9. The summed E-state index contributed by atoms with van der Waals surface area (Å²) in [5.41, 5.74) is -12.1. The van der Waals surface area contributed by atoms with Crippen LogP contribution in [-0.2, 0) is 24.5 Å². The van der Waals surface area contributed by atoms with Crippen molar-refractivity contribution in [2.45, 2.75) is 11.0 Å². The molecular formula is C7H9F6N2O6S2+. The van der Waals surface area contributed by atoms with Gasteiger partial charge >= 0.3 is 32.0 Å². The molecule has 0 aromatic carbocycles. The fourth-order valence-corrected chi connectivity index (χ4v) is 3.45. The smallest absolute Gasteiger partial charge is 0.477 e. The summed E-state index contributed by atoms with van der Waals surface area (Å²) in [7, 11) is -12.6. The lowest BCUT2D eigenvalue weighted by Crippen LogP contribution is -2.60. The van der Waals surface area contributed by atoms with Gasteiger partial charge in [0.1, 0.15) is 0 Å². The van der Waals surface area contributed by atoms with Gasteiger partial charge in [0.05, 0.1) is 7.05 Å². The van der Waals surface area contributed by atoms with Gasteiger partial charge in [-0.05, 0) is 0 Å². The second-order valence-corrected chi connectivity index (χ2v) is 8.20. The molecule has 0 spiro atoms. The molecule has 136 valence electrons. The molecule has 0 bridgehead atoms. The molecule has 23 heavy (non-hydrogen) atoms. The molecule has 1 unspecified atom stereocenters. The lowest BCUT2D eigenvalue weighted by molar-refractivity contribution is -0.797. The van der Waals surface area contributed by atoms with Crippen molar-refractivity contribution in [3.8, 4) is 0 Å². The van der Waals surface area contributed by atoms with E-state index in [-0.39, 0.29) is 7.05 Å². The lowest BCUT2D eigenvalue weighted by atomic mass is 10.5. The Morgan fingerprint density at radius 2 is 1.43 bits per heavy atom. The number of carboxylic acid groups (broad SMARTS) is 1. The largest absolute Gasteiger partial charge is 0.508 e. The number of hydrogen-bond donors (Lipinski definition) is 2. The Balaban J connectivity index is 6.18. The first-order chi connectivity index (χ1) is 9.78. The summed E-state index contributed by atoms with van der Waals surface area (Å²) in [6.45, 7) is -1.82. The summed E-state index contributed by atoms with van der Waals surface area (Å²) in [5.74, 6) is -4.52. The Morgan fingerprint density at radius 3 is 1.70 bits per heavy atom. The zero-order valence-corrected chi connectivity index (χ0v) is 12.6. The van der Waals surface area contributed by atoms with Crippen LogP contribution >= 0.6 is 0 Å². The third-order valence-electron chi connectivity index (χ3n) is 2.34. The van der Waals surface area contributed by atoms with Crippen LogP contribution in [0.5, 0.6) is 0 Å². The van der Waals surface area contributed by atoms with Crippen molar-refractivity contribution < 1.29 is 57.6 Å². The van der Waals surface area contributed by atoms with Gasteiger partial charge in [-0.25, -0.2) is 31.5 Å². The number of sulfone groups is 2. The topological polar surface area (TPSA) is 129 Å². The van der Waals surface area contributed by atoms with Crippen LogP contribution in [0.15, 0.2) is 0 Å². The summed E-state index contributed by atoms with van der Waals surface area (Å²) in [6.07, 6.45) is 0. The molecule has 2 N–H and O–H groups in total. The van der Waals surface area contributed by atoms with E-state index in [4.69, 9.17) is 10.5 Å².